The Morgan fingerprint density at radius 3 is 2.52 bits per heavy atom. The van der Waals surface area contributed by atoms with Crippen molar-refractivity contribution in [3.8, 4) is 11.5 Å². The zero-order valence-corrected chi connectivity index (χ0v) is 16.4. The standard InChI is InChI=1S/C20H23N5OS/c1-15-18(23-20(26-15)16-3-5-17(27-2)6-4-16)14-24-9-11-25(12-10-24)19-13-21-7-8-22-19/h3-8,13H,9-12,14H2,1-2H3. The first-order chi connectivity index (χ1) is 13.2. The van der Waals surface area contributed by atoms with Gasteiger partial charge in [-0.2, -0.15) is 0 Å². The number of rotatable bonds is 5. The summed E-state index contributed by atoms with van der Waals surface area (Å²) in [6, 6.07) is 8.34. The molecular formula is C20H23N5OS. The summed E-state index contributed by atoms with van der Waals surface area (Å²) in [5, 5.41) is 0. The zero-order chi connectivity index (χ0) is 18.6. The minimum atomic E-state index is 0.702. The predicted molar refractivity (Wildman–Crippen MR) is 108 cm³/mol. The van der Waals surface area contributed by atoms with Gasteiger partial charge in [-0.05, 0) is 37.4 Å². The van der Waals surface area contributed by atoms with Crippen molar-refractivity contribution < 1.29 is 4.42 Å². The molecule has 6 nitrogen and oxygen atoms in total. The van der Waals surface area contributed by atoms with Gasteiger partial charge in [0.1, 0.15) is 11.6 Å². The number of thioether (sulfide) groups is 1. The van der Waals surface area contributed by atoms with Crippen LogP contribution in [0.5, 0.6) is 0 Å². The van der Waals surface area contributed by atoms with Gasteiger partial charge in [0.05, 0.1) is 11.9 Å². The van der Waals surface area contributed by atoms with E-state index in [9.17, 15) is 0 Å². The van der Waals surface area contributed by atoms with Crippen molar-refractivity contribution in [3.63, 3.8) is 0 Å². The summed E-state index contributed by atoms with van der Waals surface area (Å²) in [7, 11) is 0. The smallest absolute Gasteiger partial charge is 0.226 e. The van der Waals surface area contributed by atoms with Gasteiger partial charge in [0, 0.05) is 55.6 Å². The zero-order valence-electron chi connectivity index (χ0n) is 15.6. The van der Waals surface area contributed by atoms with Crippen LogP contribution in [-0.4, -0.2) is 52.3 Å². The van der Waals surface area contributed by atoms with Gasteiger partial charge in [0.2, 0.25) is 5.89 Å². The molecule has 27 heavy (non-hydrogen) atoms. The molecule has 0 amide bonds. The maximum Gasteiger partial charge on any atom is 0.226 e. The topological polar surface area (TPSA) is 58.3 Å². The maximum absolute atomic E-state index is 5.93. The fourth-order valence-corrected chi connectivity index (χ4v) is 3.64. The minimum absolute atomic E-state index is 0.702. The van der Waals surface area contributed by atoms with E-state index in [0.29, 0.717) is 5.89 Å². The molecule has 0 aliphatic carbocycles. The van der Waals surface area contributed by atoms with Crippen LogP contribution in [0.1, 0.15) is 11.5 Å². The maximum atomic E-state index is 5.93. The fraction of sp³-hybridized carbons (Fsp3) is 0.350. The van der Waals surface area contributed by atoms with Crippen molar-refractivity contribution >= 4 is 17.6 Å². The molecule has 1 aromatic carbocycles. The average molecular weight is 382 g/mol. The molecule has 1 fully saturated rings. The van der Waals surface area contributed by atoms with Crippen LogP contribution in [-0.2, 0) is 6.54 Å². The minimum Gasteiger partial charge on any atom is -0.441 e. The quantitative estimate of drug-likeness (QED) is 0.627. The second kappa shape index (κ2) is 8.10. The lowest BCUT2D eigenvalue weighted by Crippen LogP contribution is -2.46. The molecule has 1 aliphatic heterocycles. The lowest BCUT2D eigenvalue weighted by molar-refractivity contribution is 0.245. The van der Waals surface area contributed by atoms with Gasteiger partial charge in [0.25, 0.3) is 0 Å². The average Bonchev–Trinajstić information content (AvgIpc) is 3.09. The number of nitrogens with zero attached hydrogens (tertiary/aromatic N) is 5. The first-order valence-electron chi connectivity index (χ1n) is 9.07. The lowest BCUT2D eigenvalue weighted by atomic mass is 10.2. The van der Waals surface area contributed by atoms with Gasteiger partial charge in [-0.3, -0.25) is 9.88 Å². The van der Waals surface area contributed by atoms with Crippen LogP contribution in [0.4, 0.5) is 5.82 Å². The van der Waals surface area contributed by atoms with Gasteiger partial charge in [-0.15, -0.1) is 11.8 Å². The Hall–Kier alpha value is -2.38. The molecule has 3 heterocycles. The van der Waals surface area contributed by atoms with Crippen molar-refractivity contribution in [2.45, 2.75) is 18.4 Å². The summed E-state index contributed by atoms with van der Waals surface area (Å²) in [6.07, 6.45) is 7.35. The normalized spacial score (nSPS) is 15.3. The SMILES string of the molecule is CSc1ccc(-c2nc(CN3CCN(c4cnccn4)CC3)c(C)o2)cc1. The van der Waals surface area contributed by atoms with E-state index in [1.807, 2.05) is 13.1 Å². The van der Waals surface area contributed by atoms with E-state index in [-0.39, 0.29) is 0 Å². The highest BCUT2D eigenvalue weighted by Gasteiger charge is 2.21. The van der Waals surface area contributed by atoms with E-state index < -0.39 is 0 Å². The number of aromatic nitrogens is 3. The van der Waals surface area contributed by atoms with E-state index in [2.05, 4.69) is 50.3 Å². The van der Waals surface area contributed by atoms with Crippen LogP contribution >= 0.6 is 11.8 Å². The van der Waals surface area contributed by atoms with Crippen LogP contribution in [0.15, 0.2) is 52.2 Å². The molecule has 0 atom stereocenters. The Balaban J connectivity index is 1.39. The van der Waals surface area contributed by atoms with E-state index in [1.54, 1.807) is 24.2 Å². The van der Waals surface area contributed by atoms with Gasteiger partial charge in [-0.1, -0.05) is 0 Å². The number of hydrogen-bond acceptors (Lipinski definition) is 7. The Morgan fingerprint density at radius 1 is 1.07 bits per heavy atom. The van der Waals surface area contributed by atoms with E-state index >= 15 is 0 Å². The Bertz CT molecular complexity index is 873. The van der Waals surface area contributed by atoms with E-state index in [0.717, 1.165) is 55.6 Å². The fourth-order valence-electron chi connectivity index (χ4n) is 3.23. The van der Waals surface area contributed by atoms with Gasteiger partial charge in [0.15, 0.2) is 0 Å². The number of aryl methyl sites for hydroxylation is 1. The number of piperazine rings is 1. The second-order valence-corrected chi connectivity index (χ2v) is 7.46. The van der Waals surface area contributed by atoms with Crippen molar-refractivity contribution in [3.05, 3.63) is 54.3 Å². The van der Waals surface area contributed by atoms with Crippen molar-refractivity contribution in [1.29, 1.82) is 0 Å². The summed E-state index contributed by atoms with van der Waals surface area (Å²) in [6.45, 7) is 6.64. The first kappa shape index (κ1) is 18.0. The van der Waals surface area contributed by atoms with E-state index in [4.69, 9.17) is 9.40 Å². The van der Waals surface area contributed by atoms with Gasteiger partial charge >= 0.3 is 0 Å². The number of oxazole rings is 1. The monoisotopic (exact) mass is 381 g/mol. The summed E-state index contributed by atoms with van der Waals surface area (Å²) in [4.78, 5) is 19.2. The first-order valence-corrected chi connectivity index (χ1v) is 10.3. The molecule has 0 saturated carbocycles. The molecule has 3 aromatic rings. The van der Waals surface area contributed by atoms with Crippen LogP contribution < -0.4 is 4.90 Å². The Morgan fingerprint density at radius 2 is 1.85 bits per heavy atom. The highest BCUT2D eigenvalue weighted by atomic mass is 32.2. The number of hydrogen-bond donors (Lipinski definition) is 0. The highest BCUT2D eigenvalue weighted by molar-refractivity contribution is 7.98. The molecule has 7 heteroatoms. The predicted octanol–water partition coefficient (Wildman–Crippen LogP) is 3.48. The lowest BCUT2D eigenvalue weighted by Gasteiger charge is -2.34. The van der Waals surface area contributed by atoms with Crippen molar-refractivity contribution in [2.75, 3.05) is 37.3 Å². The molecule has 0 N–H and O–H groups in total. The van der Waals surface area contributed by atoms with Gasteiger partial charge in [-0.25, -0.2) is 9.97 Å². The number of benzene rings is 1. The Labute approximate surface area is 163 Å². The molecule has 0 spiro atoms. The summed E-state index contributed by atoms with van der Waals surface area (Å²) in [5.41, 5.74) is 2.04. The second-order valence-electron chi connectivity index (χ2n) is 6.58. The molecular weight excluding hydrogens is 358 g/mol. The summed E-state index contributed by atoms with van der Waals surface area (Å²) >= 11 is 1.73. The summed E-state index contributed by atoms with van der Waals surface area (Å²) < 4.78 is 5.93. The molecule has 0 radical (unpaired) electrons. The third kappa shape index (κ3) is 4.14. The third-order valence-corrected chi connectivity index (χ3v) is 5.59. The Kier molecular flexibility index (Phi) is 5.40. The molecule has 140 valence electrons. The van der Waals surface area contributed by atoms with Crippen molar-refractivity contribution in [1.82, 2.24) is 19.9 Å². The molecule has 0 unspecified atom stereocenters. The molecule has 1 saturated heterocycles. The van der Waals surface area contributed by atoms with Crippen molar-refractivity contribution in [2.24, 2.45) is 0 Å². The molecule has 1 aliphatic rings. The highest BCUT2D eigenvalue weighted by Crippen LogP contribution is 2.25. The molecule has 4 rings (SSSR count). The van der Waals surface area contributed by atoms with Gasteiger partial charge < -0.3 is 9.32 Å². The molecule has 0 bridgehead atoms. The molecule has 2 aromatic heterocycles. The van der Waals surface area contributed by atoms with E-state index in [1.165, 1.54) is 4.90 Å². The van der Waals surface area contributed by atoms with Crippen LogP contribution in [0, 0.1) is 6.92 Å². The summed E-state index contributed by atoms with van der Waals surface area (Å²) in [5.74, 6) is 2.55. The largest absolute Gasteiger partial charge is 0.441 e. The van der Waals surface area contributed by atoms with Crippen LogP contribution in [0.25, 0.3) is 11.5 Å². The third-order valence-electron chi connectivity index (χ3n) is 4.85. The van der Waals surface area contributed by atoms with Crippen LogP contribution in [0.2, 0.25) is 0 Å². The number of anilines is 1. The van der Waals surface area contributed by atoms with Crippen LogP contribution in [0.3, 0.4) is 0 Å².